The molecule has 0 unspecified atom stereocenters. The molecule has 0 bridgehead atoms. The number of aromatic nitrogens is 4. The molecule has 0 radical (unpaired) electrons. The summed E-state index contributed by atoms with van der Waals surface area (Å²) < 4.78 is 7.54. The standard InChI is InChI=1S/C21H25N7O/c1-27-10-6-15(7-11-27)24-21-25-19-18(20(26-21)29-2)17(4-8-22-19)14-5-12-28-16(13-14)3-9-23-28/h3-5,9,12-13,15H,6-8,10-11H2,1-2H3,(H2,22,24,25,26). The topological polar surface area (TPSA) is 79.6 Å². The van der Waals surface area contributed by atoms with E-state index in [2.05, 4.69) is 50.9 Å². The lowest BCUT2D eigenvalue weighted by atomic mass is 9.97. The third kappa shape index (κ3) is 3.40. The van der Waals surface area contributed by atoms with Crippen LogP contribution in [0, 0.1) is 0 Å². The molecule has 150 valence electrons. The van der Waals surface area contributed by atoms with E-state index in [9.17, 15) is 0 Å². The van der Waals surface area contributed by atoms with Gasteiger partial charge in [-0.3, -0.25) is 0 Å². The first kappa shape index (κ1) is 17.9. The Kier molecular flexibility index (Phi) is 4.55. The van der Waals surface area contributed by atoms with Gasteiger partial charge in [0.2, 0.25) is 11.8 Å². The third-order valence-corrected chi connectivity index (χ3v) is 5.68. The Hall–Kier alpha value is -3.13. The number of piperidine rings is 1. The molecule has 3 aromatic heterocycles. The molecule has 5 rings (SSSR count). The second kappa shape index (κ2) is 7.36. The van der Waals surface area contributed by atoms with Crippen LogP contribution in [0.1, 0.15) is 24.0 Å². The van der Waals surface area contributed by atoms with Crippen molar-refractivity contribution in [3.05, 3.63) is 47.8 Å². The SMILES string of the molecule is COc1nc(NC2CCN(C)CC2)nc2c1C(c1ccn3nccc3c1)=CCN2. The summed E-state index contributed by atoms with van der Waals surface area (Å²) in [6.45, 7) is 2.88. The summed E-state index contributed by atoms with van der Waals surface area (Å²) in [6, 6.07) is 6.56. The van der Waals surface area contributed by atoms with Gasteiger partial charge >= 0.3 is 0 Å². The summed E-state index contributed by atoms with van der Waals surface area (Å²) in [5.74, 6) is 2.01. The van der Waals surface area contributed by atoms with E-state index >= 15 is 0 Å². The molecule has 0 saturated carbocycles. The zero-order valence-electron chi connectivity index (χ0n) is 16.7. The molecule has 8 nitrogen and oxygen atoms in total. The molecule has 0 amide bonds. The second-order valence-electron chi connectivity index (χ2n) is 7.62. The predicted octanol–water partition coefficient (Wildman–Crippen LogP) is 2.50. The Bertz CT molecular complexity index is 1070. The normalized spacial score (nSPS) is 17.5. The first-order valence-electron chi connectivity index (χ1n) is 10.0. The van der Waals surface area contributed by atoms with E-state index in [0.717, 1.165) is 54.0 Å². The van der Waals surface area contributed by atoms with Gasteiger partial charge in [0, 0.05) is 25.0 Å². The molecule has 8 heteroatoms. The van der Waals surface area contributed by atoms with E-state index < -0.39 is 0 Å². The van der Waals surface area contributed by atoms with E-state index in [0.29, 0.717) is 24.4 Å². The maximum absolute atomic E-state index is 5.69. The molecule has 2 aliphatic rings. The minimum atomic E-state index is 0.386. The van der Waals surface area contributed by atoms with Crippen molar-refractivity contribution in [3.63, 3.8) is 0 Å². The number of rotatable bonds is 4. The molecule has 0 aliphatic carbocycles. The van der Waals surface area contributed by atoms with Gasteiger partial charge in [0.05, 0.1) is 18.2 Å². The molecule has 2 N–H and O–H groups in total. The highest BCUT2D eigenvalue weighted by atomic mass is 16.5. The van der Waals surface area contributed by atoms with Crippen molar-refractivity contribution in [1.82, 2.24) is 24.5 Å². The Morgan fingerprint density at radius 3 is 2.90 bits per heavy atom. The van der Waals surface area contributed by atoms with Crippen molar-refractivity contribution < 1.29 is 4.74 Å². The van der Waals surface area contributed by atoms with Crippen LogP contribution in [0.5, 0.6) is 5.88 Å². The molecule has 1 saturated heterocycles. The van der Waals surface area contributed by atoms with Crippen LogP contribution in [0.15, 0.2) is 36.7 Å². The maximum Gasteiger partial charge on any atom is 0.228 e. The molecular formula is C21H25N7O. The summed E-state index contributed by atoms with van der Waals surface area (Å²) >= 11 is 0. The van der Waals surface area contributed by atoms with Gasteiger partial charge in [0.15, 0.2) is 0 Å². The predicted molar refractivity (Wildman–Crippen MR) is 113 cm³/mol. The Morgan fingerprint density at radius 1 is 1.21 bits per heavy atom. The van der Waals surface area contributed by atoms with E-state index in [4.69, 9.17) is 9.72 Å². The molecule has 3 aromatic rings. The molecule has 0 atom stereocenters. The number of likely N-dealkylation sites (tertiary alicyclic amines) is 1. The van der Waals surface area contributed by atoms with Gasteiger partial charge in [-0.2, -0.15) is 15.1 Å². The van der Waals surface area contributed by atoms with E-state index in [1.54, 1.807) is 13.3 Å². The van der Waals surface area contributed by atoms with Gasteiger partial charge < -0.3 is 20.3 Å². The van der Waals surface area contributed by atoms with E-state index in [1.165, 1.54) is 0 Å². The second-order valence-corrected chi connectivity index (χ2v) is 7.62. The van der Waals surface area contributed by atoms with Crippen molar-refractivity contribution in [3.8, 4) is 5.88 Å². The third-order valence-electron chi connectivity index (χ3n) is 5.68. The number of fused-ring (bicyclic) bond motifs is 2. The molecule has 29 heavy (non-hydrogen) atoms. The first-order chi connectivity index (χ1) is 14.2. The van der Waals surface area contributed by atoms with Crippen LogP contribution in [0.4, 0.5) is 11.8 Å². The highest BCUT2D eigenvalue weighted by Gasteiger charge is 2.24. The molecule has 5 heterocycles. The lowest BCUT2D eigenvalue weighted by molar-refractivity contribution is 0.263. The largest absolute Gasteiger partial charge is 0.480 e. The lowest BCUT2D eigenvalue weighted by Crippen LogP contribution is -2.37. The molecule has 2 aliphatic heterocycles. The van der Waals surface area contributed by atoms with Crippen molar-refractivity contribution in [2.45, 2.75) is 18.9 Å². The molecular weight excluding hydrogens is 366 g/mol. The van der Waals surface area contributed by atoms with Gasteiger partial charge in [-0.15, -0.1) is 0 Å². The molecule has 0 aromatic carbocycles. The van der Waals surface area contributed by atoms with Gasteiger partial charge in [-0.05, 0) is 62.3 Å². The quantitative estimate of drug-likeness (QED) is 0.707. The zero-order chi connectivity index (χ0) is 19.8. The fraction of sp³-hybridized carbons (Fsp3) is 0.381. The highest BCUT2D eigenvalue weighted by Crippen LogP contribution is 2.38. The van der Waals surface area contributed by atoms with E-state index in [-0.39, 0.29) is 0 Å². The summed E-state index contributed by atoms with van der Waals surface area (Å²) in [5.41, 5.74) is 4.12. The van der Waals surface area contributed by atoms with Gasteiger partial charge in [-0.1, -0.05) is 6.08 Å². The maximum atomic E-state index is 5.69. The summed E-state index contributed by atoms with van der Waals surface area (Å²) in [4.78, 5) is 11.8. The fourth-order valence-electron chi connectivity index (χ4n) is 4.06. The van der Waals surface area contributed by atoms with Gasteiger partial charge in [0.1, 0.15) is 5.82 Å². The average molecular weight is 391 g/mol. The summed E-state index contributed by atoms with van der Waals surface area (Å²) in [5, 5.41) is 11.2. The van der Waals surface area contributed by atoms with Gasteiger partial charge in [0.25, 0.3) is 0 Å². The molecule has 1 fully saturated rings. The fourth-order valence-corrected chi connectivity index (χ4v) is 4.06. The monoisotopic (exact) mass is 391 g/mol. The van der Waals surface area contributed by atoms with Crippen LogP contribution in [-0.4, -0.2) is 64.3 Å². The number of pyridine rings is 1. The number of hydrogen-bond donors (Lipinski definition) is 2. The van der Waals surface area contributed by atoms with Crippen LogP contribution >= 0.6 is 0 Å². The number of anilines is 2. The number of ether oxygens (including phenoxy) is 1. The van der Waals surface area contributed by atoms with Crippen LogP contribution in [-0.2, 0) is 0 Å². The van der Waals surface area contributed by atoms with Crippen LogP contribution in [0.3, 0.4) is 0 Å². The first-order valence-corrected chi connectivity index (χ1v) is 10.0. The van der Waals surface area contributed by atoms with Crippen LogP contribution in [0.25, 0.3) is 11.1 Å². The smallest absolute Gasteiger partial charge is 0.228 e. The number of nitrogens with zero attached hydrogens (tertiary/aromatic N) is 5. The molecule has 0 spiro atoms. The minimum Gasteiger partial charge on any atom is -0.480 e. The Balaban J connectivity index is 1.49. The number of nitrogens with one attached hydrogen (secondary N) is 2. The number of methoxy groups -OCH3 is 1. The summed E-state index contributed by atoms with van der Waals surface area (Å²) in [7, 11) is 3.82. The number of hydrogen-bond acceptors (Lipinski definition) is 7. The van der Waals surface area contributed by atoms with Crippen molar-refractivity contribution in [2.24, 2.45) is 0 Å². The van der Waals surface area contributed by atoms with Crippen LogP contribution in [0.2, 0.25) is 0 Å². The van der Waals surface area contributed by atoms with Crippen molar-refractivity contribution in [2.75, 3.05) is 44.4 Å². The van der Waals surface area contributed by atoms with Crippen molar-refractivity contribution >= 4 is 22.9 Å². The lowest BCUT2D eigenvalue weighted by Gasteiger charge is -2.30. The summed E-state index contributed by atoms with van der Waals surface area (Å²) in [6.07, 6.45) is 8.10. The Labute approximate surface area is 169 Å². The van der Waals surface area contributed by atoms with Crippen molar-refractivity contribution in [1.29, 1.82) is 0 Å². The Morgan fingerprint density at radius 2 is 2.07 bits per heavy atom. The van der Waals surface area contributed by atoms with Gasteiger partial charge in [-0.25, -0.2) is 4.52 Å². The minimum absolute atomic E-state index is 0.386. The zero-order valence-corrected chi connectivity index (χ0v) is 16.7. The average Bonchev–Trinajstić information content (AvgIpc) is 3.22. The van der Waals surface area contributed by atoms with E-state index in [1.807, 2.05) is 16.8 Å². The highest BCUT2D eigenvalue weighted by molar-refractivity contribution is 5.90. The van der Waals surface area contributed by atoms with Crippen LogP contribution < -0.4 is 15.4 Å².